The van der Waals surface area contributed by atoms with Crippen LogP contribution >= 0.6 is 0 Å². The maximum Gasteiger partial charge on any atom is 0.414 e. The van der Waals surface area contributed by atoms with Crippen molar-refractivity contribution < 1.29 is 34.0 Å². The van der Waals surface area contributed by atoms with Crippen LogP contribution in [0.3, 0.4) is 0 Å². The SMILES string of the molecule is C/C=C/c1ccc(OCCCCN2CC(C)OC(C)C2)c(OC)c1.O=C(O)C(=O)O. The van der Waals surface area contributed by atoms with Gasteiger partial charge in [-0.05, 0) is 57.9 Å². The molecule has 2 atom stereocenters. The van der Waals surface area contributed by atoms with Gasteiger partial charge in [-0.15, -0.1) is 0 Å². The van der Waals surface area contributed by atoms with Crippen molar-refractivity contribution >= 4 is 18.0 Å². The highest BCUT2D eigenvalue weighted by molar-refractivity contribution is 6.27. The van der Waals surface area contributed by atoms with Gasteiger partial charge >= 0.3 is 11.9 Å². The number of benzene rings is 1. The van der Waals surface area contributed by atoms with E-state index >= 15 is 0 Å². The van der Waals surface area contributed by atoms with Crippen LogP contribution in [0.1, 0.15) is 39.2 Å². The number of morpholine rings is 1. The molecule has 0 radical (unpaired) electrons. The van der Waals surface area contributed by atoms with Crippen LogP contribution < -0.4 is 9.47 Å². The zero-order valence-electron chi connectivity index (χ0n) is 18.2. The first-order valence-corrected chi connectivity index (χ1v) is 10.0. The second-order valence-corrected chi connectivity index (χ2v) is 7.09. The first kappa shape index (κ1) is 25.5. The van der Waals surface area contributed by atoms with E-state index in [1.165, 1.54) is 0 Å². The smallest absolute Gasteiger partial charge is 0.414 e. The topological polar surface area (TPSA) is 106 Å². The van der Waals surface area contributed by atoms with Gasteiger partial charge in [0.1, 0.15) is 0 Å². The van der Waals surface area contributed by atoms with E-state index in [0.29, 0.717) is 12.2 Å². The minimum atomic E-state index is -1.82. The van der Waals surface area contributed by atoms with Crippen molar-refractivity contribution in [3.8, 4) is 11.5 Å². The third-order valence-corrected chi connectivity index (χ3v) is 4.35. The second kappa shape index (κ2) is 13.6. The molecule has 1 heterocycles. The molecule has 2 N–H and O–H groups in total. The predicted octanol–water partition coefficient (Wildman–Crippen LogP) is 3.15. The van der Waals surface area contributed by atoms with Crippen LogP contribution in [0, 0.1) is 0 Å². The van der Waals surface area contributed by atoms with Gasteiger partial charge in [-0.2, -0.15) is 0 Å². The Morgan fingerprint density at radius 3 is 2.30 bits per heavy atom. The molecule has 8 nitrogen and oxygen atoms in total. The average molecular weight is 424 g/mol. The number of ether oxygens (including phenoxy) is 3. The van der Waals surface area contributed by atoms with Crippen molar-refractivity contribution in [1.82, 2.24) is 4.90 Å². The van der Waals surface area contributed by atoms with Crippen LogP contribution in [0.4, 0.5) is 0 Å². The van der Waals surface area contributed by atoms with E-state index in [9.17, 15) is 0 Å². The van der Waals surface area contributed by atoms with Gasteiger partial charge in [0, 0.05) is 13.1 Å². The monoisotopic (exact) mass is 423 g/mol. The molecule has 2 rings (SSSR count). The van der Waals surface area contributed by atoms with Gasteiger partial charge in [0.05, 0.1) is 25.9 Å². The van der Waals surface area contributed by atoms with Gasteiger partial charge in [-0.25, -0.2) is 9.59 Å². The van der Waals surface area contributed by atoms with Crippen LogP contribution in [0.15, 0.2) is 24.3 Å². The Morgan fingerprint density at radius 1 is 1.13 bits per heavy atom. The molecule has 1 aliphatic heterocycles. The largest absolute Gasteiger partial charge is 0.493 e. The third kappa shape index (κ3) is 9.76. The number of aliphatic carboxylic acids is 2. The number of carbonyl (C=O) groups is 2. The van der Waals surface area contributed by atoms with E-state index in [0.717, 1.165) is 56.1 Å². The summed E-state index contributed by atoms with van der Waals surface area (Å²) in [6.45, 7) is 10.2. The Balaban J connectivity index is 0.000000656. The summed E-state index contributed by atoms with van der Waals surface area (Å²) in [7, 11) is 1.68. The first-order valence-electron chi connectivity index (χ1n) is 10.0. The fourth-order valence-electron chi connectivity index (χ4n) is 3.19. The van der Waals surface area contributed by atoms with E-state index in [1.807, 2.05) is 31.2 Å². The van der Waals surface area contributed by atoms with Gasteiger partial charge < -0.3 is 24.4 Å². The van der Waals surface area contributed by atoms with Crippen molar-refractivity contribution in [3.63, 3.8) is 0 Å². The number of methoxy groups -OCH3 is 1. The van der Waals surface area contributed by atoms with Crippen molar-refractivity contribution in [3.05, 3.63) is 29.8 Å². The number of carboxylic acids is 2. The predicted molar refractivity (Wildman–Crippen MR) is 114 cm³/mol. The van der Waals surface area contributed by atoms with Crippen molar-refractivity contribution in [2.24, 2.45) is 0 Å². The highest BCUT2D eigenvalue weighted by Gasteiger charge is 2.21. The summed E-state index contributed by atoms with van der Waals surface area (Å²) < 4.78 is 17.1. The van der Waals surface area contributed by atoms with Crippen LogP contribution in [-0.4, -0.2) is 72.6 Å². The summed E-state index contributed by atoms with van der Waals surface area (Å²) in [4.78, 5) is 20.7. The molecular formula is C22H33NO7. The quantitative estimate of drug-likeness (QED) is 0.485. The van der Waals surface area contributed by atoms with Gasteiger partial charge in [0.2, 0.25) is 0 Å². The normalized spacial score (nSPS) is 19.1. The lowest BCUT2D eigenvalue weighted by Crippen LogP contribution is -2.45. The molecule has 0 aromatic heterocycles. The number of unbranched alkanes of at least 4 members (excludes halogenated alkanes) is 1. The summed E-state index contributed by atoms with van der Waals surface area (Å²) in [6.07, 6.45) is 6.92. The van der Waals surface area contributed by atoms with Crippen LogP contribution in [-0.2, 0) is 14.3 Å². The molecule has 1 saturated heterocycles. The Hall–Kier alpha value is -2.58. The Morgan fingerprint density at radius 2 is 1.77 bits per heavy atom. The summed E-state index contributed by atoms with van der Waals surface area (Å²) in [6, 6.07) is 6.04. The highest BCUT2D eigenvalue weighted by Crippen LogP contribution is 2.28. The Labute approximate surface area is 178 Å². The molecule has 1 aliphatic rings. The van der Waals surface area contributed by atoms with Crippen LogP contribution in [0.2, 0.25) is 0 Å². The minimum absolute atomic E-state index is 0.338. The number of allylic oxidation sites excluding steroid dienone is 1. The molecule has 30 heavy (non-hydrogen) atoms. The van der Waals surface area contributed by atoms with Gasteiger partial charge in [0.15, 0.2) is 11.5 Å². The van der Waals surface area contributed by atoms with Crippen molar-refractivity contribution in [1.29, 1.82) is 0 Å². The van der Waals surface area contributed by atoms with Gasteiger partial charge in [0.25, 0.3) is 0 Å². The zero-order chi connectivity index (χ0) is 22.5. The maximum absolute atomic E-state index is 9.10. The number of carboxylic acid groups (broad SMARTS) is 2. The summed E-state index contributed by atoms with van der Waals surface area (Å²) in [5, 5.41) is 14.8. The number of nitrogens with zero attached hydrogens (tertiary/aromatic N) is 1. The number of rotatable bonds is 8. The van der Waals surface area contributed by atoms with Crippen LogP contribution in [0.5, 0.6) is 11.5 Å². The molecular weight excluding hydrogens is 390 g/mol. The fourth-order valence-corrected chi connectivity index (χ4v) is 3.19. The van der Waals surface area contributed by atoms with Gasteiger partial charge in [-0.3, -0.25) is 4.90 Å². The van der Waals surface area contributed by atoms with Crippen molar-refractivity contribution in [2.75, 3.05) is 33.4 Å². The molecule has 0 bridgehead atoms. The third-order valence-electron chi connectivity index (χ3n) is 4.35. The average Bonchev–Trinajstić information content (AvgIpc) is 2.68. The second-order valence-electron chi connectivity index (χ2n) is 7.09. The molecule has 0 amide bonds. The molecule has 168 valence electrons. The standard InChI is InChI=1S/C20H31NO3.C2H2O4/c1-5-8-18-9-10-19(20(13-18)22-4)23-12-7-6-11-21-14-16(2)24-17(3)15-21;3-1(4)2(5)6/h5,8-10,13,16-17H,6-7,11-12,14-15H2,1-4H3;(H,3,4)(H,5,6)/b8-5+;. The molecule has 2 unspecified atom stereocenters. The van der Waals surface area contributed by atoms with E-state index in [1.54, 1.807) is 7.11 Å². The van der Waals surface area contributed by atoms with E-state index in [2.05, 4.69) is 24.8 Å². The van der Waals surface area contributed by atoms with Crippen LogP contribution in [0.25, 0.3) is 6.08 Å². The number of hydrogen-bond donors (Lipinski definition) is 2. The molecule has 1 fully saturated rings. The summed E-state index contributed by atoms with van der Waals surface area (Å²) >= 11 is 0. The lowest BCUT2D eigenvalue weighted by atomic mass is 10.2. The molecule has 0 aliphatic carbocycles. The van der Waals surface area contributed by atoms with E-state index in [-0.39, 0.29) is 0 Å². The molecule has 0 spiro atoms. The van der Waals surface area contributed by atoms with E-state index < -0.39 is 11.9 Å². The lowest BCUT2D eigenvalue weighted by molar-refractivity contribution is -0.159. The molecule has 0 saturated carbocycles. The molecule has 8 heteroatoms. The summed E-state index contributed by atoms with van der Waals surface area (Å²) in [5.74, 6) is -2.04. The lowest BCUT2D eigenvalue weighted by Gasteiger charge is -2.35. The Kier molecular flexibility index (Phi) is 11.5. The highest BCUT2D eigenvalue weighted by atomic mass is 16.5. The molecule has 1 aromatic rings. The summed E-state index contributed by atoms with van der Waals surface area (Å²) in [5.41, 5.74) is 1.12. The molecule has 1 aromatic carbocycles. The Bertz CT molecular complexity index is 683. The zero-order valence-corrected chi connectivity index (χ0v) is 18.2. The fraction of sp³-hybridized carbons (Fsp3) is 0.545. The number of hydrogen-bond acceptors (Lipinski definition) is 6. The van der Waals surface area contributed by atoms with Crippen molar-refractivity contribution in [2.45, 2.75) is 45.8 Å². The van der Waals surface area contributed by atoms with Gasteiger partial charge in [-0.1, -0.05) is 18.2 Å². The minimum Gasteiger partial charge on any atom is -0.493 e. The first-order chi connectivity index (χ1) is 14.3. The maximum atomic E-state index is 9.10. The van der Waals surface area contributed by atoms with E-state index in [4.69, 9.17) is 34.0 Å².